The van der Waals surface area contributed by atoms with E-state index < -0.39 is 10.0 Å². The fourth-order valence-corrected chi connectivity index (χ4v) is 5.60. The normalized spacial score (nSPS) is 22.8. The molecule has 2 bridgehead atoms. The predicted octanol–water partition coefficient (Wildman–Crippen LogP) is 2.62. The van der Waals surface area contributed by atoms with E-state index in [1.54, 1.807) is 22.1 Å². The van der Waals surface area contributed by atoms with E-state index in [1.807, 2.05) is 16.9 Å². The molecule has 5 nitrogen and oxygen atoms in total. The number of aromatic nitrogens is 1. The van der Waals surface area contributed by atoms with Crippen LogP contribution >= 0.6 is 11.8 Å². The van der Waals surface area contributed by atoms with Gasteiger partial charge < -0.3 is 4.57 Å². The minimum absolute atomic E-state index is 0.00647. The zero-order chi connectivity index (χ0) is 18.5. The molecule has 4 rings (SSSR count). The van der Waals surface area contributed by atoms with Gasteiger partial charge in [-0.3, -0.25) is 4.79 Å². The Morgan fingerprint density at radius 2 is 1.77 bits per heavy atom. The molecular formula is C19H22N2O3S2. The second-order valence-corrected chi connectivity index (χ2v) is 10.1. The first kappa shape index (κ1) is 17.8. The van der Waals surface area contributed by atoms with Crippen molar-refractivity contribution < 1.29 is 8.42 Å². The number of hydrogen-bond donors (Lipinski definition) is 0. The summed E-state index contributed by atoms with van der Waals surface area (Å²) in [6, 6.07) is 11.8. The summed E-state index contributed by atoms with van der Waals surface area (Å²) in [4.78, 5) is 13.7. The van der Waals surface area contributed by atoms with Crippen LogP contribution in [0.3, 0.4) is 0 Å². The largest absolute Gasteiger partial charge is 0.311 e. The molecule has 1 fully saturated rings. The van der Waals surface area contributed by atoms with Crippen molar-refractivity contribution in [1.82, 2.24) is 8.87 Å². The molecule has 0 spiro atoms. The number of benzene rings is 1. The van der Waals surface area contributed by atoms with Crippen LogP contribution < -0.4 is 5.56 Å². The number of fused-ring (bicyclic) bond motifs is 4. The third kappa shape index (κ3) is 3.12. The second kappa shape index (κ2) is 6.55. The van der Waals surface area contributed by atoms with Crippen molar-refractivity contribution in [3.63, 3.8) is 0 Å². The molecule has 1 aromatic carbocycles. The van der Waals surface area contributed by atoms with Crippen molar-refractivity contribution in [2.75, 3.05) is 25.6 Å². The van der Waals surface area contributed by atoms with Crippen molar-refractivity contribution in [3.8, 4) is 11.1 Å². The van der Waals surface area contributed by atoms with Crippen LogP contribution in [-0.4, -0.2) is 42.9 Å². The number of piperidine rings is 1. The minimum atomic E-state index is -3.22. The number of sulfonamides is 1. The molecule has 0 amide bonds. The van der Waals surface area contributed by atoms with Gasteiger partial charge in [-0.1, -0.05) is 12.1 Å². The summed E-state index contributed by atoms with van der Waals surface area (Å²) in [5.41, 5.74) is 3.10. The lowest BCUT2D eigenvalue weighted by molar-refractivity contribution is 0.187. The van der Waals surface area contributed by atoms with Gasteiger partial charge in [-0.05, 0) is 42.4 Å². The number of thioether (sulfide) groups is 1. The Balaban J connectivity index is 1.83. The van der Waals surface area contributed by atoms with Crippen LogP contribution in [-0.2, 0) is 16.6 Å². The van der Waals surface area contributed by atoms with Crippen LogP contribution in [0.1, 0.15) is 18.0 Å². The molecule has 1 saturated heterocycles. The topological polar surface area (TPSA) is 59.4 Å². The quantitative estimate of drug-likeness (QED) is 0.756. The predicted molar refractivity (Wildman–Crippen MR) is 105 cm³/mol. The highest BCUT2D eigenvalue weighted by Crippen LogP contribution is 2.40. The van der Waals surface area contributed by atoms with Gasteiger partial charge in [-0.25, -0.2) is 12.7 Å². The summed E-state index contributed by atoms with van der Waals surface area (Å²) in [5.74, 6) is 0.254. The van der Waals surface area contributed by atoms with Crippen LogP contribution in [0.2, 0.25) is 0 Å². The first-order valence-electron chi connectivity index (χ1n) is 8.70. The molecule has 0 saturated carbocycles. The zero-order valence-electron chi connectivity index (χ0n) is 14.9. The van der Waals surface area contributed by atoms with Gasteiger partial charge >= 0.3 is 0 Å². The molecule has 0 aliphatic carbocycles. The first-order chi connectivity index (χ1) is 12.4. The fraction of sp³-hybridized carbons (Fsp3) is 0.421. The third-order valence-corrected chi connectivity index (χ3v) is 7.41. The Morgan fingerprint density at radius 3 is 2.42 bits per heavy atom. The Morgan fingerprint density at radius 1 is 1.04 bits per heavy atom. The Hall–Kier alpha value is -1.57. The van der Waals surface area contributed by atoms with Crippen molar-refractivity contribution >= 4 is 21.8 Å². The van der Waals surface area contributed by atoms with Gasteiger partial charge in [0.15, 0.2) is 0 Å². The van der Waals surface area contributed by atoms with Crippen LogP contribution in [0, 0.1) is 5.92 Å². The van der Waals surface area contributed by atoms with Gasteiger partial charge in [-0.15, -0.1) is 11.8 Å². The molecule has 2 aromatic rings. The van der Waals surface area contributed by atoms with Crippen LogP contribution in [0.4, 0.5) is 0 Å². The highest BCUT2D eigenvalue weighted by Gasteiger charge is 2.38. The number of hydrogen-bond acceptors (Lipinski definition) is 4. The summed E-state index contributed by atoms with van der Waals surface area (Å²) in [6.45, 7) is 1.55. The molecule has 138 valence electrons. The van der Waals surface area contributed by atoms with Crippen LogP contribution in [0.5, 0.6) is 0 Å². The van der Waals surface area contributed by atoms with E-state index in [4.69, 9.17) is 0 Å². The van der Waals surface area contributed by atoms with Crippen LogP contribution in [0.15, 0.2) is 46.1 Å². The molecule has 3 heterocycles. The Bertz CT molecular complexity index is 996. The van der Waals surface area contributed by atoms with Gasteiger partial charge in [0.25, 0.3) is 5.56 Å². The lowest BCUT2D eigenvalue weighted by Crippen LogP contribution is -2.49. The molecule has 2 aliphatic rings. The molecule has 26 heavy (non-hydrogen) atoms. The SMILES string of the molecule is CSc1ccc(-c2ccc(=O)n3c2[C@@H]2C[C@@H](CN(S(C)(=O)=O)C2)C3)cc1. The molecule has 2 atom stereocenters. The van der Waals surface area contributed by atoms with E-state index >= 15 is 0 Å². The van der Waals surface area contributed by atoms with Crippen molar-refractivity contribution in [3.05, 3.63) is 52.4 Å². The van der Waals surface area contributed by atoms with Crippen molar-refractivity contribution in [2.45, 2.75) is 23.8 Å². The maximum absolute atomic E-state index is 12.5. The first-order valence-corrected chi connectivity index (χ1v) is 11.8. The lowest BCUT2D eigenvalue weighted by atomic mass is 9.81. The smallest absolute Gasteiger partial charge is 0.250 e. The molecule has 2 aliphatic heterocycles. The molecule has 0 N–H and O–H groups in total. The third-order valence-electron chi connectivity index (χ3n) is 5.43. The van der Waals surface area contributed by atoms with Gasteiger partial charge in [-0.2, -0.15) is 0 Å². The second-order valence-electron chi connectivity index (χ2n) is 7.19. The highest BCUT2D eigenvalue weighted by atomic mass is 32.2. The van der Waals surface area contributed by atoms with Crippen LogP contribution in [0.25, 0.3) is 11.1 Å². The minimum Gasteiger partial charge on any atom is -0.311 e. The van der Waals surface area contributed by atoms with Gasteiger partial charge in [0.2, 0.25) is 10.0 Å². The average molecular weight is 391 g/mol. The summed E-state index contributed by atoms with van der Waals surface area (Å²) in [6.07, 6.45) is 4.25. The fourth-order valence-electron chi connectivity index (χ4n) is 4.26. The van der Waals surface area contributed by atoms with Gasteiger partial charge in [0.05, 0.1) is 6.26 Å². The van der Waals surface area contributed by atoms with E-state index in [0.717, 1.165) is 23.2 Å². The van der Waals surface area contributed by atoms with E-state index in [-0.39, 0.29) is 17.4 Å². The van der Waals surface area contributed by atoms with Crippen molar-refractivity contribution in [2.24, 2.45) is 5.92 Å². The Kier molecular flexibility index (Phi) is 4.49. The highest BCUT2D eigenvalue weighted by molar-refractivity contribution is 7.98. The monoisotopic (exact) mass is 390 g/mol. The summed E-state index contributed by atoms with van der Waals surface area (Å²) in [5, 5.41) is 0. The summed E-state index contributed by atoms with van der Waals surface area (Å²) < 4.78 is 27.6. The maximum atomic E-state index is 12.5. The van der Waals surface area contributed by atoms with E-state index in [2.05, 4.69) is 24.3 Å². The molecular weight excluding hydrogens is 368 g/mol. The zero-order valence-corrected chi connectivity index (χ0v) is 16.5. The van der Waals surface area contributed by atoms with Gasteiger partial charge in [0, 0.05) is 47.8 Å². The molecule has 0 unspecified atom stereocenters. The van der Waals surface area contributed by atoms with Gasteiger partial charge in [0.1, 0.15) is 0 Å². The Labute approximate surface area is 158 Å². The number of nitrogens with zero attached hydrogens (tertiary/aromatic N) is 2. The lowest BCUT2D eigenvalue weighted by Gasteiger charge is -2.42. The summed E-state index contributed by atoms with van der Waals surface area (Å²) in [7, 11) is -3.22. The number of rotatable bonds is 3. The molecule has 1 aromatic heterocycles. The molecule has 0 radical (unpaired) electrons. The van der Waals surface area contributed by atoms with E-state index in [1.165, 1.54) is 11.2 Å². The maximum Gasteiger partial charge on any atom is 0.250 e. The standard InChI is InChI=1S/C19H22N2O3S2/c1-25-16-5-3-14(4-6-16)17-7-8-18(22)21-11-13-9-15(19(17)21)12-20(10-13)26(2,23)24/h3-8,13,15H,9-12H2,1-2H3/t13-,15+/m0/s1. The van der Waals surface area contributed by atoms with E-state index in [9.17, 15) is 13.2 Å². The summed E-state index contributed by atoms with van der Waals surface area (Å²) >= 11 is 1.69. The van der Waals surface area contributed by atoms with E-state index in [0.29, 0.717) is 19.6 Å². The molecule has 7 heteroatoms. The average Bonchev–Trinajstić information content (AvgIpc) is 2.62. The number of pyridine rings is 1. The van der Waals surface area contributed by atoms with Crippen molar-refractivity contribution in [1.29, 1.82) is 0 Å².